The van der Waals surface area contributed by atoms with Gasteiger partial charge in [-0.15, -0.1) is 10.2 Å². The molecule has 0 radical (unpaired) electrons. The Hall–Kier alpha value is -1.82. The fraction of sp³-hybridized carbons (Fsp3) is 0.500. The van der Waals surface area contributed by atoms with Crippen molar-refractivity contribution < 1.29 is 9.21 Å². The summed E-state index contributed by atoms with van der Waals surface area (Å²) in [4.78, 5) is 11.9. The summed E-state index contributed by atoms with van der Waals surface area (Å²) in [5.74, 6) is 0.429. The summed E-state index contributed by atoms with van der Waals surface area (Å²) in [6.45, 7) is 12.2. The van der Waals surface area contributed by atoms with Crippen molar-refractivity contribution in [1.29, 1.82) is 0 Å². The molecule has 1 heterocycles. The maximum absolute atomic E-state index is 11.9. The summed E-state index contributed by atoms with van der Waals surface area (Å²) < 4.78 is 5.68. The first-order chi connectivity index (χ1) is 11.2. The first-order valence-corrected chi connectivity index (χ1v) is 8.96. The number of benzene rings is 1. The molecule has 1 aromatic carbocycles. The smallest absolute Gasteiger partial charge is 0.277 e. The average molecular weight is 347 g/mol. The quantitative estimate of drug-likeness (QED) is 0.827. The molecule has 1 amide bonds. The minimum absolute atomic E-state index is 0.0377. The Morgan fingerprint density at radius 3 is 2.29 bits per heavy atom. The van der Waals surface area contributed by atoms with Crippen molar-refractivity contribution in [2.75, 3.05) is 0 Å². The summed E-state index contributed by atoms with van der Waals surface area (Å²) >= 11 is 1.26. The van der Waals surface area contributed by atoms with E-state index in [0.717, 1.165) is 5.56 Å². The summed E-state index contributed by atoms with van der Waals surface area (Å²) in [5, 5.41) is 11.1. The average Bonchev–Trinajstić information content (AvgIpc) is 2.94. The Bertz CT molecular complexity index is 687. The molecule has 1 N–H and O–H groups in total. The molecule has 0 saturated carbocycles. The second kappa shape index (κ2) is 7.38. The van der Waals surface area contributed by atoms with Crippen molar-refractivity contribution in [3.8, 4) is 11.5 Å². The van der Waals surface area contributed by atoms with Crippen LogP contribution in [0.5, 0.6) is 0 Å². The highest BCUT2D eigenvalue weighted by Gasteiger charge is 2.19. The van der Waals surface area contributed by atoms with Crippen molar-refractivity contribution >= 4 is 17.7 Å². The highest BCUT2D eigenvalue weighted by molar-refractivity contribution is 8.00. The van der Waals surface area contributed by atoms with Gasteiger partial charge in [0.25, 0.3) is 5.22 Å². The van der Waals surface area contributed by atoms with Gasteiger partial charge in [-0.1, -0.05) is 44.7 Å². The fourth-order valence-electron chi connectivity index (χ4n) is 2.09. The second-order valence-corrected chi connectivity index (χ2v) is 8.42. The number of hydrogen-bond acceptors (Lipinski definition) is 5. The van der Waals surface area contributed by atoms with E-state index in [9.17, 15) is 4.79 Å². The highest BCUT2D eigenvalue weighted by atomic mass is 32.2. The lowest BCUT2D eigenvalue weighted by Gasteiger charge is -2.18. The molecule has 0 aliphatic heterocycles. The normalized spacial score (nSPS) is 13.1. The van der Waals surface area contributed by atoms with E-state index < -0.39 is 0 Å². The summed E-state index contributed by atoms with van der Waals surface area (Å²) in [6, 6.07) is 8.23. The van der Waals surface area contributed by atoms with Crippen molar-refractivity contribution in [2.24, 2.45) is 0 Å². The maximum Gasteiger partial charge on any atom is 0.277 e. The van der Waals surface area contributed by atoms with Gasteiger partial charge in [0.15, 0.2) is 0 Å². The van der Waals surface area contributed by atoms with Crippen LogP contribution in [0, 0.1) is 0 Å². The van der Waals surface area contributed by atoms with Gasteiger partial charge in [0.2, 0.25) is 11.8 Å². The molecule has 1 aromatic heterocycles. The van der Waals surface area contributed by atoms with Gasteiger partial charge in [-0.3, -0.25) is 4.79 Å². The topological polar surface area (TPSA) is 68.0 Å². The molecule has 2 aromatic rings. The molecule has 5 nitrogen and oxygen atoms in total. The fourth-order valence-corrected chi connectivity index (χ4v) is 2.79. The number of rotatable bonds is 5. The zero-order valence-electron chi connectivity index (χ0n) is 15.1. The first kappa shape index (κ1) is 18.5. The maximum atomic E-state index is 11.9. The van der Waals surface area contributed by atoms with E-state index in [4.69, 9.17) is 4.42 Å². The molecule has 0 aliphatic carbocycles. The molecule has 0 bridgehead atoms. The third-order valence-electron chi connectivity index (χ3n) is 3.48. The van der Waals surface area contributed by atoms with Gasteiger partial charge in [0.05, 0.1) is 5.25 Å². The molecule has 1 atom stereocenters. The van der Waals surface area contributed by atoms with E-state index in [1.807, 2.05) is 32.9 Å². The number of hydrogen-bond donors (Lipinski definition) is 1. The van der Waals surface area contributed by atoms with E-state index in [0.29, 0.717) is 11.1 Å². The van der Waals surface area contributed by atoms with Crippen molar-refractivity contribution in [3.05, 3.63) is 29.8 Å². The lowest BCUT2D eigenvalue weighted by Crippen LogP contribution is -2.35. The number of carbonyl (C=O) groups is 1. The zero-order chi connectivity index (χ0) is 17.9. The number of thioether (sulfide) groups is 1. The van der Waals surface area contributed by atoms with Crippen LogP contribution in [0.1, 0.15) is 47.1 Å². The van der Waals surface area contributed by atoms with Crippen LogP contribution in [0.3, 0.4) is 0 Å². The van der Waals surface area contributed by atoms with Crippen LogP contribution in [0.15, 0.2) is 33.9 Å². The van der Waals surface area contributed by atoms with E-state index in [1.165, 1.54) is 17.3 Å². The van der Waals surface area contributed by atoms with Crippen LogP contribution >= 0.6 is 11.8 Å². The van der Waals surface area contributed by atoms with Gasteiger partial charge in [0.1, 0.15) is 0 Å². The van der Waals surface area contributed by atoms with E-state index in [1.54, 1.807) is 0 Å². The van der Waals surface area contributed by atoms with Gasteiger partial charge in [-0.05, 0) is 43.9 Å². The van der Waals surface area contributed by atoms with Crippen LogP contribution in [-0.2, 0) is 10.2 Å². The molecule has 24 heavy (non-hydrogen) atoms. The number of aromatic nitrogens is 2. The third-order valence-corrected chi connectivity index (χ3v) is 4.42. The Kier molecular flexibility index (Phi) is 5.70. The van der Waals surface area contributed by atoms with E-state index >= 15 is 0 Å². The lowest BCUT2D eigenvalue weighted by atomic mass is 9.87. The Labute approximate surface area is 147 Å². The zero-order valence-corrected chi connectivity index (χ0v) is 15.9. The molecule has 0 aliphatic rings. The standard InChI is InChI=1S/C18H25N3O2S/c1-11(2)19-15(22)12(3)24-17-21-20-16(23-17)13-7-9-14(10-8-13)18(4,5)6/h7-12H,1-6H3,(H,19,22)/t12-/m0/s1. The molecule has 0 unspecified atom stereocenters. The molecule has 130 valence electrons. The molecular formula is C18H25N3O2S. The predicted octanol–water partition coefficient (Wildman–Crippen LogP) is 4.04. The van der Waals surface area contributed by atoms with Crippen LogP contribution < -0.4 is 5.32 Å². The van der Waals surface area contributed by atoms with Gasteiger partial charge in [-0.25, -0.2) is 0 Å². The predicted molar refractivity (Wildman–Crippen MR) is 97.0 cm³/mol. The second-order valence-electron chi connectivity index (χ2n) is 7.12. The van der Waals surface area contributed by atoms with Crippen LogP contribution in [0.4, 0.5) is 0 Å². The summed E-state index contributed by atoms with van der Waals surface area (Å²) in [5.41, 5.74) is 2.23. The number of carbonyl (C=O) groups excluding carboxylic acids is 1. The Morgan fingerprint density at radius 1 is 1.12 bits per heavy atom. The van der Waals surface area contributed by atoms with E-state index in [2.05, 4.69) is 48.4 Å². The monoisotopic (exact) mass is 347 g/mol. The largest absolute Gasteiger partial charge is 0.411 e. The van der Waals surface area contributed by atoms with Crippen molar-refractivity contribution in [1.82, 2.24) is 15.5 Å². The molecule has 0 spiro atoms. The molecular weight excluding hydrogens is 322 g/mol. The molecule has 6 heteroatoms. The lowest BCUT2D eigenvalue weighted by molar-refractivity contribution is -0.120. The van der Waals surface area contributed by atoms with E-state index in [-0.39, 0.29) is 22.6 Å². The van der Waals surface area contributed by atoms with Gasteiger partial charge < -0.3 is 9.73 Å². The van der Waals surface area contributed by atoms with Crippen LogP contribution in [-0.4, -0.2) is 27.4 Å². The van der Waals surface area contributed by atoms with Crippen molar-refractivity contribution in [2.45, 2.75) is 63.5 Å². The minimum atomic E-state index is -0.288. The number of nitrogens with one attached hydrogen (secondary N) is 1. The van der Waals surface area contributed by atoms with Crippen molar-refractivity contribution in [3.63, 3.8) is 0 Å². The Morgan fingerprint density at radius 2 is 1.75 bits per heavy atom. The van der Waals surface area contributed by atoms with Crippen LogP contribution in [0.25, 0.3) is 11.5 Å². The minimum Gasteiger partial charge on any atom is -0.411 e. The number of nitrogens with zero attached hydrogens (tertiary/aromatic N) is 2. The van der Waals surface area contributed by atoms with Gasteiger partial charge in [0, 0.05) is 11.6 Å². The SMILES string of the molecule is CC(C)NC(=O)[C@H](C)Sc1nnc(-c2ccc(C(C)(C)C)cc2)o1. The molecule has 0 fully saturated rings. The first-order valence-electron chi connectivity index (χ1n) is 8.08. The highest BCUT2D eigenvalue weighted by Crippen LogP contribution is 2.28. The summed E-state index contributed by atoms with van der Waals surface area (Å²) in [6.07, 6.45) is 0. The van der Waals surface area contributed by atoms with Crippen LogP contribution in [0.2, 0.25) is 0 Å². The van der Waals surface area contributed by atoms with Gasteiger partial charge in [-0.2, -0.15) is 0 Å². The Balaban J connectivity index is 2.06. The van der Waals surface area contributed by atoms with Gasteiger partial charge >= 0.3 is 0 Å². The third kappa shape index (κ3) is 4.84. The number of amides is 1. The molecule has 0 saturated heterocycles. The summed E-state index contributed by atoms with van der Waals surface area (Å²) in [7, 11) is 0. The molecule has 2 rings (SSSR count).